The van der Waals surface area contributed by atoms with Gasteiger partial charge in [0.1, 0.15) is 5.38 Å². The third kappa shape index (κ3) is 7.86. The van der Waals surface area contributed by atoms with Crippen LogP contribution in [0.25, 0.3) is 0 Å². The molecule has 0 saturated carbocycles. The minimum atomic E-state index is -0.659. The standard InChI is InChI=1S/C25H35Cl2N3O2/c1-18(2)13-29(24(31)17-30(14-19(3)4)25(32)20(5)26)16-22-10-8-12-28(22)15-21-9-6-7-11-23(21)27/h6-12,18-20H,13-17H2,1-5H3. The van der Waals surface area contributed by atoms with Crippen LogP contribution in [0.1, 0.15) is 45.9 Å². The Morgan fingerprint density at radius 2 is 1.56 bits per heavy atom. The van der Waals surface area contributed by atoms with Crippen molar-refractivity contribution in [2.24, 2.45) is 11.8 Å². The molecule has 1 aromatic carbocycles. The molecular formula is C25H35Cl2N3O2. The van der Waals surface area contributed by atoms with Crippen molar-refractivity contribution in [3.8, 4) is 0 Å². The number of alkyl halides is 1. The van der Waals surface area contributed by atoms with Crippen LogP contribution < -0.4 is 0 Å². The monoisotopic (exact) mass is 479 g/mol. The molecule has 0 spiro atoms. The minimum Gasteiger partial charge on any atom is -0.345 e. The van der Waals surface area contributed by atoms with Gasteiger partial charge in [0, 0.05) is 36.5 Å². The van der Waals surface area contributed by atoms with Crippen LogP contribution in [-0.4, -0.2) is 51.2 Å². The Hall–Kier alpha value is -1.98. The highest BCUT2D eigenvalue weighted by atomic mass is 35.5. The summed E-state index contributed by atoms with van der Waals surface area (Å²) in [5.41, 5.74) is 2.05. The molecule has 0 aliphatic heterocycles. The molecule has 32 heavy (non-hydrogen) atoms. The summed E-state index contributed by atoms with van der Waals surface area (Å²) in [7, 11) is 0. The summed E-state index contributed by atoms with van der Waals surface area (Å²) in [6, 6.07) is 11.8. The van der Waals surface area contributed by atoms with Crippen molar-refractivity contribution in [1.29, 1.82) is 0 Å². The summed E-state index contributed by atoms with van der Waals surface area (Å²) in [6.07, 6.45) is 2.00. The molecule has 5 nitrogen and oxygen atoms in total. The van der Waals surface area contributed by atoms with Gasteiger partial charge in [0.05, 0.1) is 13.1 Å². The Bertz CT molecular complexity index is 893. The second-order valence-corrected chi connectivity index (χ2v) is 10.2. The van der Waals surface area contributed by atoms with Gasteiger partial charge in [-0.15, -0.1) is 11.6 Å². The molecule has 0 saturated heterocycles. The van der Waals surface area contributed by atoms with Crippen molar-refractivity contribution in [1.82, 2.24) is 14.4 Å². The zero-order chi connectivity index (χ0) is 23.8. The molecule has 1 atom stereocenters. The Balaban J connectivity index is 2.20. The number of aromatic nitrogens is 1. The largest absolute Gasteiger partial charge is 0.345 e. The minimum absolute atomic E-state index is 0.0337. The van der Waals surface area contributed by atoms with Crippen molar-refractivity contribution in [3.05, 3.63) is 58.9 Å². The lowest BCUT2D eigenvalue weighted by Gasteiger charge is -2.30. The average Bonchev–Trinajstić information content (AvgIpc) is 3.14. The molecule has 2 rings (SSSR count). The van der Waals surface area contributed by atoms with E-state index in [1.54, 1.807) is 11.8 Å². The highest BCUT2D eigenvalue weighted by molar-refractivity contribution is 6.31. The average molecular weight is 480 g/mol. The van der Waals surface area contributed by atoms with Crippen molar-refractivity contribution in [2.75, 3.05) is 19.6 Å². The molecule has 0 fully saturated rings. The number of nitrogens with zero attached hydrogens (tertiary/aromatic N) is 3. The van der Waals surface area contributed by atoms with E-state index in [4.69, 9.17) is 23.2 Å². The van der Waals surface area contributed by atoms with E-state index >= 15 is 0 Å². The summed E-state index contributed by atoms with van der Waals surface area (Å²) in [4.78, 5) is 29.3. The Morgan fingerprint density at radius 1 is 0.938 bits per heavy atom. The zero-order valence-corrected chi connectivity index (χ0v) is 21.2. The van der Waals surface area contributed by atoms with Crippen LogP contribution in [0, 0.1) is 11.8 Å². The first-order chi connectivity index (χ1) is 15.1. The van der Waals surface area contributed by atoms with Gasteiger partial charge >= 0.3 is 0 Å². The number of carbonyl (C=O) groups excluding carboxylic acids is 2. The SMILES string of the molecule is CC(C)CN(Cc1cccn1Cc1ccccc1Cl)C(=O)CN(CC(C)C)C(=O)C(C)Cl. The number of halogens is 2. The first kappa shape index (κ1) is 26.3. The van der Waals surface area contributed by atoms with E-state index in [2.05, 4.69) is 18.4 Å². The van der Waals surface area contributed by atoms with Crippen LogP contribution in [0.4, 0.5) is 0 Å². The van der Waals surface area contributed by atoms with Crippen molar-refractivity contribution in [3.63, 3.8) is 0 Å². The van der Waals surface area contributed by atoms with Gasteiger partial charge in [0.2, 0.25) is 11.8 Å². The number of hydrogen-bond donors (Lipinski definition) is 0. The van der Waals surface area contributed by atoms with Gasteiger partial charge in [-0.3, -0.25) is 9.59 Å². The van der Waals surface area contributed by atoms with E-state index in [0.29, 0.717) is 32.1 Å². The van der Waals surface area contributed by atoms with Crippen LogP contribution >= 0.6 is 23.2 Å². The van der Waals surface area contributed by atoms with Gasteiger partial charge in [0.15, 0.2) is 0 Å². The number of rotatable bonds is 11. The number of hydrogen-bond acceptors (Lipinski definition) is 2. The lowest BCUT2D eigenvalue weighted by molar-refractivity contribution is -0.141. The highest BCUT2D eigenvalue weighted by Gasteiger charge is 2.25. The van der Waals surface area contributed by atoms with Gasteiger partial charge in [-0.1, -0.05) is 57.5 Å². The number of carbonyl (C=O) groups is 2. The molecule has 2 aromatic rings. The first-order valence-corrected chi connectivity index (χ1v) is 12.0. The highest BCUT2D eigenvalue weighted by Crippen LogP contribution is 2.19. The van der Waals surface area contributed by atoms with Crippen molar-refractivity contribution < 1.29 is 9.59 Å². The van der Waals surface area contributed by atoms with Gasteiger partial charge in [-0.05, 0) is 42.5 Å². The number of amides is 2. The molecular weight excluding hydrogens is 445 g/mol. The van der Waals surface area contributed by atoms with Crippen LogP contribution in [0.5, 0.6) is 0 Å². The van der Waals surface area contributed by atoms with E-state index in [9.17, 15) is 9.59 Å². The molecule has 0 N–H and O–H groups in total. The first-order valence-electron chi connectivity index (χ1n) is 11.2. The fraction of sp³-hybridized carbons (Fsp3) is 0.520. The van der Waals surface area contributed by atoms with E-state index in [-0.39, 0.29) is 24.3 Å². The molecule has 7 heteroatoms. The Morgan fingerprint density at radius 3 is 2.16 bits per heavy atom. The Kier molecular flexibility index (Phi) is 10.1. The smallest absolute Gasteiger partial charge is 0.242 e. The normalized spacial score (nSPS) is 12.3. The molecule has 1 heterocycles. The lowest BCUT2D eigenvalue weighted by Crippen LogP contribution is -2.46. The third-order valence-electron chi connectivity index (χ3n) is 5.08. The maximum absolute atomic E-state index is 13.3. The van der Waals surface area contributed by atoms with Crippen LogP contribution in [0.2, 0.25) is 5.02 Å². The molecule has 0 aliphatic rings. The number of benzene rings is 1. The van der Waals surface area contributed by atoms with E-state index in [1.807, 2.05) is 61.3 Å². The van der Waals surface area contributed by atoms with E-state index < -0.39 is 5.38 Å². The van der Waals surface area contributed by atoms with Gasteiger partial charge in [-0.25, -0.2) is 0 Å². The summed E-state index contributed by atoms with van der Waals surface area (Å²) < 4.78 is 2.11. The van der Waals surface area contributed by atoms with Crippen molar-refractivity contribution >= 4 is 35.0 Å². The third-order valence-corrected chi connectivity index (χ3v) is 5.63. The van der Waals surface area contributed by atoms with Gasteiger partial charge in [-0.2, -0.15) is 0 Å². The summed E-state index contributed by atoms with van der Waals surface area (Å²) in [5.74, 6) is 0.261. The van der Waals surface area contributed by atoms with Gasteiger partial charge < -0.3 is 14.4 Å². The summed E-state index contributed by atoms with van der Waals surface area (Å²) in [5, 5.41) is 0.0632. The van der Waals surface area contributed by atoms with Crippen LogP contribution in [0.15, 0.2) is 42.6 Å². The molecule has 0 bridgehead atoms. The molecule has 2 amide bonds. The molecule has 0 radical (unpaired) electrons. The van der Waals surface area contributed by atoms with Crippen molar-refractivity contribution in [2.45, 2.75) is 53.1 Å². The van der Waals surface area contributed by atoms with Crippen LogP contribution in [-0.2, 0) is 22.7 Å². The van der Waals surface area contributed by atoms with E-state index in [0.717, 1.165) is 16.3 Å². The fourth-order valence-corrected chi connectivity index (χ4v) is 3.97. The topological polar surface area (TPSA) is 45.6 Å². The van der Waals surface area contributed by atoms with Gasteiger partial charge in [0.25, 0.3) is 0 Å². The maximum atomic E-state index is 13.3. The molecule has 0 aliphatic carbocycles. The predicted molar refractivity (Wildman–Crippen MR) is 132 cm³/mol. The second-order valence-electron chi connectivity index (χ2n) is 9.12. The zero-order valence-electron chi connectivity index (χ0n) is 19.7. The maximum Gasteiger partial charge on any atom is 0.242 e. The predicted octanol–water partition coefficient (Wildman–Crippen LogP) is 5.29. The summed E-state index contributed by atoms with van der Waals surface area (Å²) >= 11 is 12.4. The second kappa shape index (κ2) is 12.3. The molecule has 176 valence electrons. The fourth-order valence-electron chi connectivity index (χ4n) is 3.64. The lowest BCUT2D eigenvalue weighted by atomic mass is 10.1. The quantitative estimate of drug-likeness (QED) is 0.411. The molecule has 1 unspecified atom stereocenters. The van der Waals surface area contributed by atoms with E-state index in [1.165, 1.54) is 0 Å². The van der Waals surface area contributed by atoms with Crippen LogP contribution in [0.3, 0.4) is 0 Å². The Labute approximate surface area is 202 Å². The summed E-state index contributed by atoms with van der Waals surface area (Å²) in [6.45, 7) is 12.1. The molecule has 1 aromatic heterocycles.